The number of ether oxygens (including phenoxy) is 1. The highest BCUT2D eigenvalue weighted by Gasteiger charge is 2.44. The average molecular weight is 508 g/mol. The van der Waals surface area contributed by atoms with E-state index in [1.807, 2.05) is 76.2 Å². The van der Waals surface area contributed by atoms with Crippen LogP contribution in [0.1, 0.15) is 75.8 Å². The summed E-state index contributed by atoms with van der Waals surface area (Å²) in [7, 11) is 0. The Bertz CT molecular complexity index is 1100. The third-order valence-electron chi connectivity index (χ3n) is 6.48. The first-order valence-corrected chi connectivity index (χ1v) is 13.1. The fraction of sp³-hybridized carbons (Fsp3) is 0.500. The molecule has 1 aliphatic carbocycles. The smallest absolute Gasteiger partial charge is 0.408 e. The third-order valence-corrected chi connectivity index (χ3v) is 6.48. The molecule has 3 rings (SSSR count). The van der Waals surface area contributed by atoms with Gasteiger partial charge in [-0.2, -0.15) is 0 Å². The molecule has 7 heteroatoms. The molecule has 0 bridgehead atoms. The molecule has 0 saturated heterocycles. The van der Waals surface area contributed by atoms with Crippen LogP contribution in [-0.4, -0.2) is 40.5 Å². The number of rotatable bonds is 9. The van der Waals surface area contributed by atoms with Crippen molar-refractivity contribution in [1.29, 1.82) is 0 Å². The lowest BCUT2D eigenvalue weighted by molar-refractivity contribution is -0.144. The van der Waals surface area contributed by atoms with Crippen LogP contribution in [0.25, 0.3) is 0 Å². The van der Waals surface area contributed by atoms with Gasteiger partial charge in [-0.25, -0.2) is 4.79 Å². The van der Waals surface area contributed by atoms with Gasteiger partial charge in [-0.3, -0.25) is 9.59 Å². The van der Waals surface area contributed by atoms with Crippen molar-refractivity contribution < 1.29 is 19.1 Å². The summed E-state index contributed by atoms with van der Waals surface area (Å²) in [5.41, 5.74) is 3.21. The second-order valence-electron chi connectivity index (χ2n) is 11.3. The van der Waals surface area contributed by atoms with Crippen LogP contribution < -0.4 is 10.6 Å². The van der Waals surface area contributed by atoms with Crippen molar-refractivity contribution in [2.75, 3.05) is 0 Å². The van der Waals surface area contributed by atoms with Crippen molar-refractivity contribution in [3.05, 3.63) is 70.8 Å². The van der Waals surface area contributed by atoms with Gasteiger partial charge in [0.15, 0.2) is 0 Å². The molecule has 37 heavy (non-hydrogen) atoms. The van der Waals surface area contributed by atoms with E-state index in [1.165, 1.54) is 0 Å². The average Bonchev–Trinajstić information content (AvgIpc) is 3.65. The van der Waals surface area contributed by atoms with E-state index in [4.69, 9.17) is 4.74 Å². The van der Waals surface area contributed by atoms with Crippen molar-refractivity contribution in [2.24, 2.45) is 5.92 Å². The fourth-order valence-electron chi connectivity index (χ4n) is 4.23. The van der Waals surface area contributed by atoms with Gasteiger partial charge in [0.25, 0.3) is 0 Å². The van der Waals surface area contributed by atoms with Crippen molar-refractivity contribution >= 4 is 17.9 Å². The maximum Gasteiger partial charge on any atom is 0.408 e. The van der Waals surface area contributed by atoms with E-state index < -0.39 is 23.8 Å². The van der Waals surface area contributed by atoms with E-state index in [2.05, 4.69) is 10.6 Å². The van der Waals surface area contributed by atoms with Crippen molar-refractivity contribution in [2.45, 2.75) is 91.6 Å². The number of nitrogens with one attached hydrogen (secondary N) is 2. The molecule has 1 saturated carbocycles. The van der Waals surface area contributed by atoms with Crippen LogP contribution in [-0.2, 0) is 20.9 Å². The standard InChI is InChI=1S/C30H41N3O4/c1-19(2)25(32-29(36)37-30(5,6)7)28(35)33(24-15-16-24)26(23-14-13-20(3)21(4)17-23)27(34)31-18-22-11-9-8-10-12-22/h8-14,17,19,24-26H,15-16,18H2,1-7H3,(H,31,34)(H,32,36). The highest BCUT2D eigenvalue weighted by atomic mass is 16.6. The van der Waals surface area contributed by atoms with Gasteiger partial charge in [0, 0.05) is 12.6 Å². The number of hydrogen-bond acceptors (Lipinski definition) is 4. The van der Waals surface area contributed by atoms with Crippen LogP contribution in [0.2, 0.25) is 0 Å². The summed E-state index contributed by atoms with van der Waals surface area (Å²) < 4.78 is 5.43. The van der Waals surface area contributed by atoms with E-state index in [0.29, 0.717) is 6.54 Å². The van der Waals surface area contributed by atoms with Gasteiger partial charge in [0.05, 0.1) is 0 Å². The first-order valence-electron chi connectivity index (χ1n) is 13.1. The minimum absolute atomic E-state index is 0.0664. The van der Waals surface area contributed by atoms with Crippen molar-refractivity contribution in [3.63, 3.8) is 0 Å². The Kier molecular flexibility index (Phi) is 9.00. The Labute approximate surface area is 221 Å². The lowest BCUT2D eigenvalue weighted by Gasteiger charge is -2.36. The molecule has 0 spiro atoms. The molecule has 0 radical (unpaired) electrons. The number of alkyl carbamates (subject to hydrolysis) is 1. The SMILES string of the molecule is Cc1ccc(C(C(=O)NCc2ccccc2)N(C(=O)C(NC(=O)OC(C)(C)C)C(C)C)C2CC2)cc1C. The van der Waals surface area contributed by atoms with E-state index in [-0.39, 0.29) is 23.8 Å². The lowest BCUT2D eigenvalue weighted by Crippen LogP contribution is -2.55. The summed E-state index contributed by atoms with van der Waals surface area (Å²) in [5.74, 6) is -0.720. The van der Waals surface area contributed by atoms with Crippen LogP contribution in [0, 0.1) is 19.8 Å². The summed E-state index contributed by atoms with van der Waals surface area (Å²) in [6, 6.07) is 13.9. The second kappa shape index (κ2) is 11.8. The minimum atomic E-state index is -0.827. The highest BCUT2D eigenvalue weighted by molar-refractivity contribution is 5.92. The molecule has 1 fully saturated rings. The molecular formula is C30H41N3O4. The van der Waals surface area contributed by atoms with E-state index in [1.54, 1.807) is 25.7 Å². The Morgan fingerprint density at radius 2 is 1.65 bits per heavy atom. The second-order valence-corrected chi connectivity index (χ2v) is 11.3. The Morgan fingerprint density at radius 1 is 1.00 bits per heavy atom. The quantitative estimate of drug-likeness (QED) is 0.488. The predicted octanol–water partition coefficient (Wildman–Crippen LogP) is 5.20. The van der Waals surface area contributed by atoms with Crippen LogP contribution >= 0.6 is 0 Å². The Morgan fingerprint density at radius 3 is 2.19 bits per heavy atom. The maximum atomic E-state index is 14.1. The maximum absolute atomic E-state index is 14.1. The topological polar surface area (TPSA) is 87.7 Å². The number of carbonyl (C=O) groups is 3. The minimum Gasteiger partial charge on any atom is -0.444 e. The van der Waals surface area contributed by atoms with Gasteiger partial charge in [0.2, 0.25) is 11.8 Å². The summed E-state index contributed by atoms with van der Waals surface area (Å²) in [6.07, 6.45) is 0.985. The molecule has 1 aliphatic rings. The molecule has 2 aromatic carbocycles. The van der Waals surface area contributed by atoms with E-state index in [0.717, 1.165) is 35.1 Å². The number of carbonyl (C=O) groups excluding carboxylic acids is 3. The first-order chi connectivity index (χ1) is 17.4. The molecule has 0 aromatic heterocycles. The number of aryl methyl sites for hydroxylation is 2. The zero-order chi connectivity index (χ0) is 27.3. The zero-order valence-corrected chi connectivity index (χ0v) is 23.1. The molecule has 2 N–H and O–H groups in total. The van der Waals surface area contributed by atoms with Crippen LogP contribution in [0.15, 0.2) is 48.5 Å². The monoisotopic (exact) mass is 507 g/mol. The first kappa shape index (κ1) is 28.2. The summed E-state index contributed by atoms with van der Waals surface area (Å²) >= 11 is 0. The normalized spacial score (nSPS) is 15.0. The van der Waals surface area contributed by atoms with Gasteiger partial charge in [-0.15, -0.1) is 0 Å². The van der Waals surface area contributed by atoms with Crippen molar-refractivity contribution in [1.82, 2.24) is 15.5 Å². The summed E-state index contributed by atoms with van der Waals surface area (Å²) in [4.78, 5) is 42.2. The number of amides is 3. The van der Waals surface area contributed by atoms with Gasteiger partial charge in [-0.1, -0.05) is 62.4 Å². The zero-order valence-electron chi connectivity index (χ0n) is 23.1. The van der Waals surface area contributed by atoms with E-state index >= 15 is 0 Å². The summed E-state index contributed by atoms with van der Waals surface area (Å²) in [6.45, 7) is 13.5. The highest BCUT2D eigenvalue weighted by Crippen LogP contribution is 2.36. The summed E-state index contributed by atoms with van der Waals surface area (Å²) in [5, 5.41) is 5.82. The van der Waals surface area contributed by atoms with Crippen LogP contribution in [0.4, 0.5) is 4.79 Å². The fourth-order valence-corrected chi connectivity index (χ4v) is 4.23. The molecule has 0 heterocycles. The molecule has 7 nitrogen and oxygen atoms in total. The molecule has 0 aliphatic heterocycles. The molecular weight excluding hydrogens is 466 g/mol. The largest absolute Gasteiger partial charge is 0.444 e. The molecule has 2 atom stereocenters. The molecule has 3 amide bonds. The van der Waals surface area contributed by atoms with Gasteiger partial charge in [0.1, 0.15) is 17.7 Å². The predicted molar refractivity (Wildman–Crippen MR) is 145 cm³/mol. The van der Waals surface area contributed by atoms with Crippen LogP contribution in [0.3, 0.4) is 0 Å². The van der Waals surface area contributed by atoms with E-state index in [9.17, 15) is 14.4 Å². The van der Waals surface area contributed by atoms with Gasteiger partial charge < -0.3 is 20.3 Å². The van der Waals surface area contributed by atoms with Crippen LogP contribution in [0.5, 0.6) is 0 Å². The molecule has 200 valence electrons. The van der Waals surface area contributed by atoms with Crippen molar-refractivity contribution in [3.8, 4) is 0 Å². The van der Waals surface area contributed by atoms with Gasteiger partial charge in [-0.05, 0) is 75.6 Å². The molecule has 2 aromatic rings. The number of benzene rings is 2. The third kappa shape index (κ3) is 7.81. The lowest BCUT2D eigenvalue weighted by atomic mass is 9.96. The Hall–Kier alpha value is -3.35. The Balaban J connectivity index is 1.95. The van der Waals surface area contributed by atoms with Gasteiger partial charge >= 0.3 is 6.09 Å². The number of nitrogens with zero attached hydrogens (tertiary/aromatic N) is 1. The molecule has 2 unspecified atom stereocenters. The number of hydrogen-bond donors (Lipinski definition) is 2.